The number of nitrogens with zero attached hydrogens (tertiary/aromatic N) is 2. The molecule has 0 aliphatic heterocycles. The molecule has 5 heteroatoms. The van der Waals surface area contributed by atoms with Gasteiger partial charge in [-0.1, -0.05) is 0 Å². The van der Waals surface area contributed by atoms with Crippen molar-refractivity contribution in [2.45, 2.75) is 24.8 Å². The van der Waals surface area contributed by atoms with Crippen LogP contribution in [0, 0.1) is 11.8 Å². The van der Waals surface area contributed by atoms with Crippen molar-refractivity contribution in [1.29, 1.82) is 0 Å². The molecule has 2 aliphatic carbocycles. The van der Waals surface area contributed by atoms with Gasteiger partial charge in [0.25, 0.3) is 0 Å². The largest absolute Gasteiger partial charge is 0.469 e. The molecular formula is C11H13BrN2O2. The van der Waals surface area contributed by atoms with Crippen molar-refractivity contribution in [1.82, 2.24) is 9.78 Å². The molecule has 2 fully saturated rings. The summed E-state index contributed by atoms with van der Waals surface area (Å²) in [6, 6.07) is 0. The molecule has 3 rings (SSSR count). The van der Waals surface area contributed by atoms with Crippen LogP contribution < -0.4 is 0 Å². The van der Waals surface area contributed by atoms with E-state index in [1.54, 1.807) is 6.20 Å². The third kappa shape index (κ3) is 1.15. The lowest BCUT2D eigenvalue weighted by molar-refractivity contribution is -0.179. The van der Waals surface area contributed by atoms with Gasteiger partial charge in [0.05, 0.1) is 29.2 Å². The number of hydrogen-bond acceptors (Lipinski definition) is 3. The second-order valence-electron chi connectivity index (χ2n) is 4.69. The van der Waals surface area contributed by atoms with Gasteiger partial charge in [0, 0.05) is 6.20 Å². The molecule has 0 radical (unpaired) electrons. The highest BCUT2D eigenvalue weighted by atomic mass is 79.9. The van der Waals surface area contributed by atoms with E-state index in [9.17, 15) is 4.79 Å². The number of carbonyl (C=O) groups excluding carboxylic acids is 1. The van der Waals surface area contributed by atoms with Gasteiger partial charge in [-0.05, 0) is 41.1 Å². The van der Waals surface area contributed by atoms with Crippen LogP contribution in [-0.2, 0) is 15.1 Å². The third-order valence-electron chi connectivity index (χ3n) is 4.15. The van der Waals surface area contributed by atoms with Crippen LogP contribution in [0.1, 0.15) is 19.3 Å². The minimum atomic E-state index is -0.0634. The monoisotopic (exact) mass is 284 g/mol. The summed E-state index contributed by atoms with van der Waals surface area (Å²) >= 11 is 3.40. The molecule has 1 aromatic heterocycles. The van der Waals surface area contributed by atoms with Gasteiger partial charge >= 0.3 is 5.97 Å². The molecule has 2 aliphatic rings. The molecule has 0 saturated heterocycles. The number of methoxy groups -OCH3 is 1. The maximum Gasteiger partial charge on any atom is 0.309 e. The third-order valence-corrected chi connectivity index (χ3v) is 4.56. The number of carbonyl (C=O) groups is 1. The quantitative estimate of drug-likeness (QED) is 0.780. The Morgan fingerprint density at radius 3 is 3.00 bits per heavy atom. The van der Waals surface area contributed by atoms with E-state index in [4.69, 9.17) is 4.74 Å². The zero-order valence-electron chi connectivity index (χ0n) is 9.02. The number of esters is 1. The summed E-state index contributed by atoms with van der Waals surface area (Å²) in [6.45, 7) is 0. The summed E-state index contributed by atoms with van der Waals surface area (Å²) in [7, 11) is 1.46. The molecule has 3 unspecified atom stereocenters. The lowest BCUT2D eigenvalue weighted by Crippen LogP contribution is -2.64. The smallest absolute Gasteiger partial charge is 0.309 e. The average Bonchev–Trinajstić information content (AvgIpc) is 2.67. The predicted octanol–water partition coefficient (Wildman–Crippen LogP) is 1.94. The Balaban J connectivity index is 1.82. The van der Waals surface area contributed by atoms with Gasteiger partial charge in [0.2, 0.25) is 0 Å². The first-order chi connectivity index (χ1) is 7.67. The Kier molecular flexibility index (Phi) is 2.14. The van der Waals surface area contributed by atoms with Crippen molar-refractivity contribution in [2.24, 2.45) is 11.8 Å². The number of ether oxygens (including phenoxy) is 1. The molecule has 3 atom stereocenters. The standard InChI is InChI=1S/C11H13BrN2O2/c1-16-10(15)8-4-11(3-2-9(8)11)14-6-7(12)5-13-14/h5-6,8-9H,2-4H2,1H3. The van der Waals surface area contributed by atoms with Crippen molar-refractivity contribution in [3.05, 3.63) is 16.9 Å². The molecule has 0 aromatic carbocycles. The van der Waals surface area contributed by atoms with Gasteiger partial charge in [-0.15, -0.1) is 0 Å². The molecule has 0 amide bonds. The second-order valence-corrected chi connectivity index (χ2v) is 5.60. The molecular weight excluding hydrogens is 272 g/mol. The second kappa shape index (κ2) is 3.32. The number of rotatable bonds is 2. The van der Waals surface area contributed by atoms with Gasteiger partial charge in [0.1, 0.15) is 0 Å². The van der Waals surface area contributed by atoms with Crippen LogP contribution in [0.15, 0.2) is 16.9 Å². The molecule has 0 N–H and O–H groups in total. The lowest BCUT2D eigenvalue weighted by Gasteiger charge is -2.61. The highest BCUT2D eigenvalue weighted by molar-refractivity contribution is 9.10. The first-order valence-corrected chi connectivity index (χ1v) is 6.25. The number of halogens is 1. The molecule has 4 nitrogen and oxygen atoms in total. The normalized spacial score (nSPS) is 35.9. The molecule has 0 spiro atoms. The van der Waals surface area contributed by atoms with E-state index >= 15 is 0 Å². The number of aromatic nitrogens is 2. The molecule has 1 aromatic rings. The summed E-state index contributed by atoms with van der Waals surface area (Å²) < 4.78 is 7.83. The Bertz CT molecular complexity index is 445. The van der Waals surface area contributed by atoms with E-state index in [1.165, 1.54) is 7.11 Å². The highest BCUT2D eigenvalue weighted by Crippen LogP contribution is 2.62. The summed E-state index contributed by atoms with van der Waals surface area (Å²) in [5, 5.41) is 4.35. The van der Waals surface area contributed by atoms with Gasteiger partial charge < -0.3 is 4.74 Å². The van der Waals surface area contributed by atoms with E-state index in [0.717, 1.165) is 23.7 Å². The zero-order chi connectivity index (χ0) is 11.3. The van der Waals surface area contributed by atoms with Crippen molar-refractivity contribution in [3.63, 3.8) is 0 Å². The fourth-order valence-corrected chi connectivity index (χ4v) is 3.44. The number of fused-ring (bicyclic) bond motifs is 1. The van der Waals surface area contributed by atoms with Crippen LogP contribution >= 0.6 is 15.9 Å². The van der Waals surface area contributed by atoms with E-state index in [2.05, 4.69) is 21.0 Å². The number of hydrogen-bond donors (Lipinski definition) is 0. The Morgan fingerprint density at radius 1 is 1.75 bits per heavy atom. The van der Waals surface area contributed by atoms with Crippen LogP contribution in [0.2, 0.25) is 0 Å². The van der Waals surface area contributed by atoms with Crippen molar-refractivity contribution in [2.75, 3.05) is 7.11 Å². The Hall–Kier alpha value is -0.840. The van der Waals surface area contributed by atoms with Crippen molar-refractivity contribution in [3.8, 4) is 0 Å². The van der Waals surface area contributed by atoms with Gasteiger partial charge in [-0.3, -0.25) is 9.48 Å². The topological polar surface area (TPSA) is 44.1 Å². The van der Waals surface area contributed by atoms with Crippen LogP contribution in [-0.4, -0.2) is 22.9 Å². The minimum Gasteiger partial charge on any atom is -0.469 e. The molecule has 16 heavy (non-hydrogen) atoms. The molecule has 2 saturated carbocycles. The van der Waals surface area contributed by atoms with Crippen LogP contribution in [0.4, 0.5) is 0 Å². The van der Waals surface area contributed by atoms with Crippen molar-refractivity contribution < 1.29 is 9.53 Å². The van der Waals surface area contributed by atoms with Crippen molar-refractivity contribution >= 4 is 21.9 Å². The summed E-state index contributed by atoms with van der Waals surface area (Å²) in [6.07, 6.45) is 6.91. The summed E-state index contributed by atoms with van der Waals surface area (Å²) in [5.74, 6) is 0.444. The average molecular weight is 285 g/mol. The molecule has 0 bridgehead atoms. The van der Waals surface area contributed by atoms with Crippen LogP contribution in [0.5, 0.6) is 0 Å². The Morgan fingerprint density at radius 2 is 2.56 bits per heavy atom. The SMILES string of the molecule is COC(=O)C1CC2(n3cc(Br)cn3)CCC12. The first kappa shape index (κ1) is 10.3. The first-order valence-electron chi connectivity index (χ1n) is 5.46. The van der Waals surface area contributed by atoms with Crippen LogP contribution in [0.25, 0.3) is 0 Å². The lowest BCUT2D eigenvalue weighted by atomic mass is 9.47. The van der Waals surface area contributed by atoms with Gasteiger partial charge in [0.15, 0.2) is 0 Å². The fourth-order valence-electron chi connectivity index (χ4n) is 3.16. The van der Waals surface area contributed by atoms with E-state index < -0.39 is 0 Å². The maximum absolute atomic E-state index is 11.5. The molecule has 86 valence electrons. The Labute approximate surface area is 102 Å². The fraction of sp³-hybridized carbons (Fsp3) is 0.636. The zero-order valence-corrected chi connectivity index (χ0v) is 10.6. The van der Waals surface area contributed by atoms with E-state index in [-0.39, 0.29) is 17.4 Å². The summed E-state index contributed by atoms with van der Waals surface area (Å²) in [4.78, 5) is 11.5. The summed E-state index contributed by atoms with van der Waals surface area (Å²) in [5.41, 5.74) is 0.102. The van der Waals surface area contributed by atoms with E-state index in [1.807, 2.05) is 10.9 Å². The maximum atomic E-state index is 11.5. The van der Waals surface area contributed by atoms with E-state index in [0.29, 0.717) is 5.92 Å². The van der Waals surface area contributed by atoms with Gasteiger partial charge in [-0.25, -0.2) is 0 Å². The van der Waals surface area contributed by atoms with Crippen LogP contribution in [0.3, 0.4) is 0 Å². The van der Waals surface area contributed by atoms with Gasteiger partial charge in [-0.2, -0.15) is 5.10 Å². The molecule has 1 heterocycles. The highest BCUT2D eigenvalue weighted by Gasteiger charge is 2.64. The predicted molar refractivity (Wildman–Crippen MR) is 60.7 cm³/mol. The minimum absolute atomic E-state index is 0.0634.